The van der Waals surface area contributed by atoms with Crippen LogP contribution >= 0.6 is 15.9 Å². The van der Waals surface area contributed by atoms with Gasteiger partial charge in [-0.2, -0.15) is 0 Å². The van der Waals surface area contributed by atoms with Crippen molar-refractivity contribution in [3.8, 4) is 5.75 Å². The molecule has 0 saturated carbocycles. The molecule has 1 aromatic rings. The maximum Gasteiger partial charge on any atom is 0.120 e. The van der Waals surface area contributed by atoms with E-state index >= 15 is 0 Å². The molecule has 0 radical (unpaired) electrons. The largest absolute Gasteiger partial charge is 0.494 e. The fraction of sp³-hybridized carbons (Fsp3) is 0.538. The highest BCUT2D eigenvalue weighted by Gasteiger charge is 2.01. The number of halogens is 1. The molecule has 16 heavy (non-hydrogen) atoms. The Bertz CT molecular complexity index is 304. The Morgan fingerprint density at radius 3 is 2.88 bits per heavy atom. The van der Waals surface area contributed by atoms with Crippen molar-refractivity contribution in [2.45, 2.75) is 38.6 Å². The van der Waals surface area contributed by atoms with Crippen LogP contribution in [0, 0.1) is 0 Å². The van der Waals surface area contributed by atoms with Crippen molar-refractivity contribution in [2.75, 3.05) is 6.61 Å². The minimum atomic E-state index is 0.330. The Balaban J connectivity index is 2.16. The van der Waals surface area contributed by atoms with Crippen LogP contribution in [-0.2, 0) is 0 Å². The van der Waals surface area contributed by atoms with Crippen LogP contribution in [0.15, 0.2) is 28.7 Å². The molecule has 0 fully saturated rings. The molecule has 2 nitrogen and oxygen atoms in total. The predicted octanol–water partition coefficient (Wildman–Crippen LogP) is 3.74. The van der Waals surface area contributed by atoms with Crippen LogP contribution in [0.25, 0.3) is 0 Å². The molecular formula is C13H20BrNO. The van der Waals surface area contributed by atoms with Gasteiger partial charge in [-0.25, -0.2) is 0 Å². The lowest BCUT2D eigenvalue weighted by atomic mass is 10.1. The second kappa shape index (κ2) is 7.69. The molecule has 3 heteroatoms. The summed E-state index contributed by atoms with van der Waals surface area (Å²) in [7, 11) is 0. The van der Waals surface area contributed by atoms with Gasteiger partial charge in [0.05, 0.1) is 6.61 Å². The first kappa shape index (κ1) is 13.5. The zero-order valence-corrected chi connectivity index (χ0v) is 11.4. The molecule has 1 aromatic carbocycles. The molecule has 0 saturated heterocycles. The van der Waals surface area contributed by atoms with E-state index in [0.717, 1.165) is 42.5 Å². The third kappa shape index (κ3) is 5.52. The molecular weight excluding hydrogens is 266 g/mol. The molecule has 1 atom stereocenters. The molecule has 2 N–H and O–H groups in total. The van der Waals surface area contributed by atoms with E-state index in [9.17, 15) is 0 Å². The van der Waals surface area contributed by atoms with E-state index in [1.807, 2.05) is 24.3 Å². The van der Waals surface area contributed by atoms with Crippen molar-refractivity contribution in [1.82, 2.24) is 0 Å². The molecule has 0 aliphatic heterocycles. The van der Waals surface area contributed by atoms with E-state index in [2.05, 4.69) is 22.9 Å². The van der Waals surface area contributed by atoms with Crippen LogP contribution in [0.4, 0.5) is 0 Å². The Morgan fingerprint density at radius 2 is 2.19 bits per heavy atom. The lowest BCUT2D eigenvalue weighted by Crippen LogP contribution is -2.20. The lowest BCUT2D eigenvalue weighted by Gasteiger charge is -2.10. The Morgan fingerprint density at radius 1 is 1.38 bits per heavy atom. The fourth-order valence-corrected chi connectivity index (χ4v) is 1.99. The molecule has 0 bridgehead atoms. The van der Waals surface area contributed by atoms with E-state index < -0.39 is 0 Å². The van der Waals surface area contributed by atoms with Crippen molar-refractivity contribution in [3.05, 3.63) is 28.7 Å². The van der Waals surface area contributed by atoms with E-state index in [1.54, 1.807) is 0 Å². The number of ether oxygens (including phenoxy) is 1. The number of nitrogens with two attached hydrogens (primary N) is 1. The predicted molar refractivity (Wildman–Crippen MR) is 71.8 cm³/mol. The zero-order chi connectivity index (χ0) is 11.8. The topological polar surface area (TPSA) is 35.2 Å². The summed E-state index contributed by atoms with van der Waals surface area (Å²) >= 11 is 3.41. The molecule has 1 unspecified atom stereocenters. The third-order valence-electron chi connectivity index (χ3n) is 2.44. The summed E-state index contributed by atoms with van der Waals surface area (Å²) in [6, 6.07) is 8.24. The van der Waals surface area contributed by atoms with Crippen LogP contribution in [0.1, 0.15) is 32.6 Å². The van der Waals surface area contributed by atoms with Crippen molar-refractivity contribution in [2.24, 2.45) is 5.73 Å². The summed E-state index contributed by atoms with van der Waals surface area (Å²) in [5.74, 6) is 0.915. The maximum absolute atomic E-state index is 5.92. The SMILES string of the molecule is CCCC(N)CCCOc1cccc(Br)c1. The lowest BCUT2D eigenvalue weighted by molar-refractivity contribution is 0.299. The number of hydrogen-bond donors (Lipinski definition) is 1. The minimum absolute atomic E-state index is 0.330. The van der Waals surface area contributed by atoms with Crippen LogP contribution in [0.2, 0.25) is 0 Å². The van der Waals surface area contributed by atoms with E-state index in [0.29, 0.717) is 6.04 Å². The van der Waals surface area contributed by atoms with Gasteiger partial charge in [-0.1, -0.05) is 35.3 Å². The summed E-state index contributed by atoms with van der Waals surface area (Å²) in [4.78, 5) is 0. The molecule has 0 aliphatic carbocycles. The van der Waals surface area contributed by atoms with Gasteiger partial charge in [0.15, 0.2) is 0 Å². The van der Waals surface area contributed by atoms with Gasteiger partial charge >= 0.3 is 0 Å². The van der Waals surface area contributed by atoms with E-state index in [-0.39, 0.29) is 0 Å². The van der Waals surface area contributed by atoms with Gasteiger partial charge in [0, 0.05) is 10.5 Å². The zero-order valence-electron chi connectivity index (χ0n) is 9.79. The average Bonchev–Trinajstić information content (AvgIpc) is 2.25. The Labute approximate surface area is 106 Å². The van der Waals surface area contributed by atoms with Crippen molar-refractivity contribution in [3.63, 3.8) is 0 Å². The van der Waals surface area contributed by atoms with Gasteiger partial charge < -0.3 is 10.5 Å². The van der Waals surface area contributed by atoms with Crippen LogP contribution in [-0.4, -0.2) is 12.6 Å². The van der Waals surface area contributed by atoms with Crippen LogP contribution in [0.5, 0.6) is 5.75 Å². The summed E-state index contributed by atoms with van der Waals surface area (Å²) in [5.41, 5.74) is 5.92. The second-order valence-electron chi connectivity index (χ2n) is 4.00. The van der Waals surface area contributed by atoms with Gasteiger partial charge in [0.2, 0.25) is 0 Å². The van der Waals surface area contributed by atoms with Crippen molar-refractivity contribution >= 4 is 15.9 Å². The van der Waals surface area contributed by atoms with Gasteiger partial charge in [-0.15, -0.1) is 0 Å². The molecule has 90 valence electrons. The van der Waals surface area contributed by atoms with E-state index in [4.69, 9.17) is 10.5 Å². The summed E-state index contributed by atoms with van der Waals surface area (Å²) < 4.78 is 6.68. The molecule has 0 aliphatic rings. The number of rotatable bonds is 7. The molecule has 0 aromatic heterocycles. The van der Waals surface area contributed by atoms with Gasteiger partial charge in [0.1, 0.15) is 5.75 Å². The average molecular weight is 286 g/mol. The van der Waals surface area contributed by atoms with Gasteiger partial charge in [0.25, 0.3) is 0 Å². The maximum atomic E-state index is 5.92. The smallest absolute Gasteiger partial charge is 0.120 e. The molecule has 0 heterocycles. The standard InChI is InChI=1S/C13H20BrNO/c1-2-5-12(15)7-4-9-16-13-8-3-6-11(14)10-13/h3,6,8,10,12H,2,4-5,7,9,15H2,1H3. The monoisotopic (exact) mass is 285 g/mol. The van der Waals surface area contributed by atoms with Crippen molar-refractivity contribution < 1.29 is 4.74 Å². The first-order valence-corrected chi connectivity index (χ1v) is 6.65. The summed E-state index contributed by atoms with van der Waals surface area (Å²) in [6.45, 7) is 2.91. The molecule has 0 spiro atoms. The summed E-state index contributed by atoms with van der Waals surface area (Å²) in [6.07, 6.45) is 4.33. The quantitative estimate of drug-likeness (QED) is 0.775. The van der Waals surface area contributed by atoms with Crippen molar-refractivity contribution in [1.29, 1.82) is 0 Å². The first-order valence-electron chi connectivity index (χ1n) is 5.86. The second-order valence-corrected chi connectivity index (χ2v) is 4.91. The fourth-order valence-electron chi connectivity index (χ4n) is 1.61. The van der Waals surface area contributed by atoms with Crippen LogP contribution < -0.4 is 10.5 Å². The van der Waals surface area contributed by atoms with E-state index in [1.165, 1.54) is 0 Å². The Hall–Kier alpha value is -0.540. The summed E-state index contributed by atoms with van der Waals surface area (Å²) in [5, 5.41) is 0. The number of benzene rings is 1. The highest BCUT2D eigenvalue weighted by molar-refractivity contribution is 9.10. The van der Waals surface area contributed by atoms with Gasteiger partial charge in [-0.05, 0) is 37.5 Å². The Kier molecular flexibility index (Phi) is 6.50. The third-order valence-corrected chi connectivity index (χ3v) is 2.94. The number of hydrogen-bond acceptors (Lipinski definition) is 2. The highest BCUT2D eigenvalue weighted by Crippen LogP contribution is 2.18. The first-order chi connectivity index (χ1) is 7.72. The molecule has 0 amide bonds. The minimum Gasteiger partial charge on any atom is -0.494 e. The van der Waals surface area contributed by atoms with Crippen LogP contribution in [0.3, 0.4) is 0 Å². The normalized spacial score (nSPS) is 12.4. The molecule has 1 rings (SSSR count). The van der Waals surface area contributed by atoms with Gasteiger partial charge in [-0.3, -0.25) is 0 Å². The highest BCUT2D eigenvalue weighted by atomic mass is 79.9.